The fourth-order valence-corrected chi connectivity index (χ4v) is 2.65. The summed E-state index contributed by atoms with van der Waals surface area (Å²) < 4.78 is 4.24. The summed E-state index contributed by atoms with van der Waals surface area (Å²) in [6.07, 6.45) is 5.89. The van der Waals surface area contributed by atoms with Gasteiger partial charge >= 0.3 is 0 Å². The summed E-state index contributed by atoms with van der Waals surface area (Å²) in [5.41, 5.74) is 8.17. The summed E-state index contributed by atoms with van der Waals surface area (Å²) in [5.74, 6) is 2.58. The van der Waals surface area contributed by atoms with Crippen LogP contribution < -0.4 is 5.73 Å². The maximum absolute atomic E-state index is 6.26. The molecule has 3 rings (SSSR count). The Morgan fingerprint density at radius 2 is 2.33 bits per heavy atom. The number of fused-ring (bicyclic) bond motifs is 1. The Morgan fingerprint density at radius 1 is 1.50 bits per heavy atom. The summed E-state index contributed by atoms with van der Waals surface area (Å²) >= 11 is 0. The average molecular weight is 245 g/mol. The van der Waals surface area contributed by atoms with Crippen LogP contribution >= 0.6 is 0 Å². The third-order valence-corrected chi connectivity index (χ3v) is 3.74. The monoisotopic (exact) mass is 245 g/mol. The van der Waals surface area contributed by atoms with E-state index < -0.39 is 0 Å². The number of nitrogens with zero attached hydrogens (tertiary/aromatic N) is 4. The van der Waals surface area contributed by atoms with Crippen LogP contribution in [0.15, 0.2) is 12.5 Å². The van der Waals surface area contributed by atoms with Crippen molar-refractivity contribution in [1.29, 1.82) is 0 Å². The van der Waals surface area contributed by atoms with Crippen molar-refractivity contribution in [3.63, 3.8) is 0 Å². The maximum atomic E-state index is 6.26. The first-order valence-electron chi connectivity index (χ1n) is 6.56. The minimum absolute atomic E-state index is 0.679. The number of hydrogen-bond acceptors (Lipinski definition) is 3. The smallest absolute Gasteiger partial charge is 0.133 e. The van der Waals surface area contributed by atoms with Gasteiger partial charge in [0.2, 0.25) is 0 Å². The summed E-state index contributed by atoms with van der Waals surface area (Å²) in [4.78, 5) is 8.90. The molecule has 1 unspecified atom stereocenters. The van der Waals surface area contributed by atoms with Crippen LogP contribution in [-0.2, 0) is 19.5 Å². The standard InChI is InChI=1S/C13H19N5/c1-3-17-8-15-6-10(17)12-13(14)18-7-9(2)4-5-11(18)16-12/h6,8-9H,3-5,7,14H2,1-2H3. The van der Waals surface area contributed by atoms with E-state index in [0.717, 1.165) is 42.5 Å². The average Bonchev–Trinajstić information content (AvgIpc) is 2.94. The maximum Gasteiger partial charge on any atom is 0.133 e. The molecule has 0 amide bonds. The van der Waals surface area contributed by atoms with E-state index in [2.05, 4.69) is 28.0 Å². The first-order chi connectivity index (χ1) is 8.70. The molecule has 5 heteroatoms. The molecule has 3 heterocycles. The Kier molecular flexibility index (Phi) is 2.61. The Hall–Kier alpha value is -1.78. The molecule has 0 fully saturated rings. The summed E-state index contributed by atoms with van der Waals surface area (Å²) in [6, 6.07) is 0. The van der Waals surface area contributed by atoms with Crippen LogP contribution in [0, 0.1) is 5.92 Å². The Labute approximate surface area is 107 Å². The van der Waals surface area contributed by atoms with Gasteiger partial charge in [-0.2, -0.15) is 0 Å². The molecular formula is C13H19N5. The number of nitrogens with two attached hydrogens (primary N) is 1. The van der Waals surface area contributed by atoms with Crippen LogP contribution in [0.2, 0.25) is 0 Å². The molecule has 2 aromatic rings. The zero-order valence-corrected chi connectivity index (χ0v) is 10.9. The second-order valence-corrected chi connectivity index (χ2v) is 5.08. The lowest BCUT2D eigenvalue weighted by atomic mass is 10.0. The van der Waals surface area contributed by atoms with Crippen molar-refractivity contribution in [1.82, 2.24) is 19.1 Å². The van der Waals surface area contributed by atoms with Crippen LogP contribution in [-0.4, -0.2) is 19.1 Å². The van der Waals surface area contributed by atoms with Gasteiger partial charge in [0.15, 0.2) is 0 Å². The predicted octanol–water partition coefficient (Wildman–Crippen LogP) is 1.93. The molecule has 0 aromatic carbocycles. The highest BCUT2D eigenvalue weighted by Gasteiger charge is 2.23. The number of aromatic nitrogens is 4. The number of hydrogen-bond donors (Lipinski definition) is 1. The van der Waals surface area contributed by atoms with Crippen molar-refractivity contribution in [3.05, 3.63) is 18.3 Å². The quantitative estimate of drug-likeness (QED) is 0.879. The number of anilines is 1. The van der Waals surface area contributed by atoms with Crippen LogP contribution in [0.1, 0.15) is 26.1 Å². The molecule has 2 N–H and O–H groups in total. The fourth-order valence-electron chi connectivity index (χ4n) is 2.65. The number of imidazole rings is 2. The molecule has 96 valence electrons. The summed E-state index contributed by atoms with van der Waals surface area (Å²) in [6.45, 7) is 6.22. The van der Waals surface area contributed by atoms with E-state index in [9.17, 15) is 0 Å². The molecule has 18 heavy (non-hydrogen) atoms. The molecule has 5 nitrogen and oxygen atoms in total. The highest BCUT2D eigenvalue weighted by atomic mass is 15.2. The van der Waals surface area contributed by atoms with E-state index in [4.69, 9.17) is 10.7 Å². The van der Waals surface area contributed by atoms with Gasteiger partial charge in [-0.15, -0.1) is 0 Å². The van der Waals surface area contributed by atoms with Gasteiger partial charge in [0, 0.05) is 19.5 Å². The van der Waals surface area contributed by atoms with Gasteiger partial charge in [0.1, 0.15) is 17.3 Å². The zero-order chi connectivity index (χ0) is 12.7. The van der Waals surface area contributed by atoms with Crippen LogP contribution in [0.4, 0.5) is 5.82 Å². The summed E-state index contributed by atoms with van der Waals surface area (Å²) in [5, 5.41) is 0. The Morgan fingerprint density at radius 3 is 3.11 bits per heavy atom. The lowest BCUT2D eigenvalue weighted by molar-refractivity contribution is 0.397. The van der Waals surface area contributed by atoms with E-state index in [0.29, 0.717) is 5.92 Å². The lowest BCUT2D eigenvalue weighted by Crippen LogP contribution is -2.19. The number of aryl methyl sites for hydroxylation is 2. The van der Waals surface area contributed by atoms with Crippen molar-refractivity contribution >= 4 is 5.82 Å². The van der Waals surface area contributed by atoms with E-state index in [1.54, 1.807) is 0 Å². The highest BCUT2D eigenvalue weighted by molar-refractivity contribution is 5.68. The molecule has 0 saturated carbocycles. The molecule has 2 aromatic heterocycles. The second-order valence-electron chi connectivity index (χ2n) is 5.08. The predicted molar refractivity (Wildman–Crippen MR) is 71.0 cm³/mol. The molecule has 1 aliphatic heterocycles. The summed E-state index contributed by atoms with van der Waals surface area (Å²) in [7, 11) is 0. The van der Waals surface area contributed by atoms with E-state index in [1.807, 2.05) is 12.5 Å². The normalized spacial score (nSPS) is 18.9. The van der Waals surface area contributed by atoms with E-state index in [1.165, 1.54) is 6.42 Å². The molecule has 0 spiro atoms. The van der Waals surface area contributed by atoms with Crippen LogP contribution in [0.3, 0.4) is 0 Å². The molecule has 0 saturated heterocycles. The van der Waals surface area contributed by atoms with Gasteiger partial charge in [-0.3, -0.25) is 0 Å². The number of rotatable bonds is 2. The van der Waals surface area contributed by atoms with Crippen molar-refractivity contribution in [3.8, 4) is 11.4 Å². The lowest BCUT2D eigenvalue weighted by Gasteiger charge is -2.20. The first kappa shape index (κ1) is 11.3. The largest absolute Gasteiger partial charge is 0.383 e. The fraction of sp³-hybridized carbons (Fsp3) is 0.538. The third kappa shape index (κ3) is 1.62. The van der Waals surface area contributed by atoms with Gasteiger partial charge in [-0.1, -0.05) is 6.92 Å². The molecule has 0 bridgehead atoms. The minimum Gasteiger partial charge on any atom is -0.383 e. The minimum atomic E-state index is 0.679. The van der Waals surface area contributed by atoms with E-state index in [-0.39, 0.29) is 0 Å². The van der Waals surface area contributed by atoms with Crippen molar-refractivity contribution in [2.75, 3.05) is 5.73 Å². The molecule has 1 atom stereocenters. The van der Waals surface area contributed by atoms with Gasteiger partial charge < -0.3 is 14.9 Å². The van der Waals surface area contributed by atoms with Crippen molar-refractivity contribution in [2.45, 2.75) is 39.8 Å². The molecule has 0 radical (unpaired) electrons. The van der Waals surface area contributed by atoms with Crippen LogP contribution in [0.25, 0.3) is 11.4 Å². The topological polar surface area (TPSA) is 61.7 Å². The first-order valence-corrected chi connectivity index (χ1v) is 6.56. The zero-order valence-electron chi connectivity index (χ0n) is 10.9. The Balaban J connectivity index is 2.09. The third-order valence-electron chi connectivity index (χ3n) is 3.74. The SMILES string of the molecule is CCn1cncc1-c1nc2n(c1N)CC(C)CC2. The van der Waals surface area contributed by atoms with Gasteiger partial charge in [-0.25, -0.2) is 9.97 Å². The van der Waals surface area contributed by atoms with E-state index >= 15 is 0 Å². The molecular weight excluding hydrogens is 226 g/mol. The van der Waals surface area contributed by atoms with Crippen molar-refractivity contribution < 1.29 is 0 Å². The van der Waals surface area contributed by atoms with Crippen LogP contribution in [0.5, 0.6) is 0 Å². The molecule has 1 aliphatic rings. The number of nitrogen functional groups attached to an aromatic ring is 1. The molecule has 0 aliphatic carbocycles. The Bertz CT molecular complexity index is 566. The highest BCUT2D eigenvalue weighted by Crippen LogP contribution is 2.30. The van der Waals surface area contributed by atoms with Crippen molar-refractivity contribution in [2.24, 2.45) is 5.92 Å². The second kappa shape index (κ2) is 4.15. The van der Waals surface area contributed by atoms with Gasteiger partial charge in [-0.05, 0) is 19.3 Å². The van der Waals surface area contributed by atoms with Gasteiger partial charge in [0.25, 0.3) is 0 Å². The van der Waals surface area contributed by atoms with Gasteiger partial charge in [0.05, 0.1) is 18.2 Å².